The van der Waals surface area contributed by atoms with Gasteiger partial charge < -0.3 is 9.73 Å². The molecule has 1 aliphatic carbocycles. The van der Waals surface area contributed by atoms with E-state index in [-0.39, 0.29) is 0 Å². The Morgan fingerprint density at radius 2 is 2.20 bits per heavy atom. The number of benzene rings is 1. The van der Waals surface area contributed by atoms with Crippen LogP contribution in [-0.4, -0.2) is 7.05 Å². The van der Waals surface area contributed by atoms with Gasteiger partial charge in [0.1, 0.15) is 11.3 Å². The van der Waals surface area contributed by atoms with Crippen molar-refractivity contribution in [1.82, 2.24) is 5.32 Å². The summed E-state index contributed by atoms with van der Waals surface area (Å²) in [4.78, 5) is 0. The third kappa shape index (κ3) is 2.59. The third-order valence-electron chi connectivity index (χ3n) is 4.75. The SMILES string of the molecule is CCC1CCC(C(NC)c2cc3cc(Cl)ccc3o2)C1. The van der Waals surface area contributed by atoms with Gasteiger partial charge in [0.05, 0.1) is 6.04 Å². The summed E-state index contributed by atoms with van der Waals surface area (Å²) in [5.41, 5.74) is 0.926. The van der Waals surface area contributed by atoms with E-state index in [9.17, 15) is 0 Å². The average Bonchev–Trinajstić information content (AvgIpc) is 3.06. The van der Waals surface area contributed by atoms with Crippen LogP contribution < -0.4 is 5.32 Å². The lowest BCUT2D eigenvalue weighted by Crippen LogP contribution is -2.23. The van der Waals surface area contributed by atoms with E-state index in [4.69, 9.17) is 16.0 Å². The quantitative estimate of drug-likeness (QED) is 0.840. The number of halogens is 1. The molecule has 20 heavy (non-hydrogen) atoms. The molecule has 1 N–H and O–H groups in total. The second-order valence-corrected chi connectivity index (χ2v) is 6.38. The Morgan fingerprint density at radius 3 is 2.90 bits per heavy atom. The number of hydrogen-bond acceptors (Lipinski definition) is 2. The van der Waals surface area contributed by atoms with Gasteiger partial charge in [-0.15, -0.1) is 0 Å². The molecule has 0 aliphatic heterocycles. The molecule has 3 unspecified atom stereocenters. The molecule has 0 saturated heterocycles. The zero-order valence-electron chi connectivity index (χ0n) is 12.2. The maximum atomic E-state index is 6.05. The summed E-state index contributed by atoms with van der Waals surface area (Å²) in [5, 5.41) is 5.31. The standard InChI is InChI=1S/C17H22ClNO/c1-3-11-4-5-12(8-11)17(19-2)16-10-13-9-14(18)6-7-15(13)20-16/h6-7,9-12,17,19H,3-5,8H2,1-2H3. The van der Waals surface area contributed by atoms with Gasteiger partial charge in [-0.25, -0.2) is 0 Å². The minimum absolute atomic E-state index is 0.317. The topological polar surface area (TPSA) is 25.2 Å². The Kier molecular flexibility index (Phi) is 4.04. The maximum Gasteiger partial charge on any atom is 0.134 e. The van der Waals surface area contributed by atoms with Gasteiger partial charge in [-0.1, -0.05) is 31.4 Å². The van der Waals surface area contributed by atoms with E-state index in [1.807, 2.05) is 25.2 Å². The first kappa shape index (κ1) is 14.0. The molecule has 3 rings (SSSR count). The highest BCUT2D eigenvalue weighted by Crippen LogP contribution is 2.41. The van der Waals surface area contributed by atoms with Crippen molar-refractivity contribution < 1.29 is 4.42 Å². The van der Waals surface area contributed by atoms with E-state index >= 15 is 0 Å². The monoisotopic (exact) mass is 291 g/mol. The molecular weight excluding hydrogens is 270 g/mol. The Labute approximate surface area is 125 Å². The Hall–Kier alpha value is -0.990. The Morgan fingerprint density at radius 1 is 1.35 bits per heavy atom. The molecule has 0 radical (unpaired) electrons. The Balaban J connectivity index is 1.87. The summed E-state index contributed by atoms with van der Waals surface area (Å²) >= 11 is 6.05. The molecule has 2 nitrogen and oxygen atoms in total. The molecule has 108 valence electrons. The molecular formula is C17H22ClNO. The normalized spacial score (nSPS) is 24.4. The number of furan rings is 1. The molecule has 1 fully saturated rings. The minimum atomic E-state index is 0.317. The fraction of sp³-hybridized carbons (Fsp3) is 0.529. The van der Waals surface area contributed by atoms with Crippen molar-refractivity contribution in [2.24, 2.45) is 11.8 Å². The van der Waals surface area contributed by atoms with Gasteiger partial charge in [-0.05, 0) is 56.0 Å². The highest BCUT2D eigenvalue weighted by Gasteiger charge is 2.31. The fourth-order valence-electron chi connectivity index (χ4n) is 3.59. The van der Waals surface area contributed by atoms with Gasteiger partial charge in [0.15, 0.2) is 0 Å². The molecule has 2 aromatic rings. The number of fused-ring (bicyclic) bond motifs is 1. The van der Waals surface area contributed by atoms with Gasteiger partial charge >= 0.3 is 0 Å². The van der Waals surface area contributed by atoms with Crippen LogP contribution in [-0.2, 0) is 0 Å². The summed E-state index contributed by atoms with van der Waals surface area (Å²) in [7, 11) is 2.03. The van der Waals surface area contributed by atoms with Crippen LogP contribution in [0.1, 0.15) is 44.4 Å². The summed E-state index contributed by atoms with van der Waals surface area (Å²) in [6.45, 7) is 2.30. The van der Waals surface area contributed by atoms with Crippen molar-refractivity contribution in [3.63, 3.8) is 0 Å². The van der Waals surface area contributed by atoms with Crippen LogP contribution in [0.2, 0.25) is 5.02 Å². The zero-order chi connectivity index (χ0) is 14.1. The van der Waals surface area contributed by atoms with Gasteiger partial charge in [-0.3, -0.25) is 0 Å². The minimum Gasteiger partial charge on any atom is -0.459 e. The molecule has 0 spiro atoms. The van der Waals surface area contributed by atoms with E-state index in [2.05, 4.69) is 18.3 Å². The first-order valence-electron chi connectivity index (χ1n) is 7.57. The van der Waals surface area contributed by atoms with E-state index < -0.39 is 0 Å². The van der Waals surface area contributed by atoms with E-state index in [0.717, 1.165) is 27.7 Å². The lowest BCUT2D eigenvalue weighted by atomic mass is 9.94. The van der Waals surface area contributed by atoms with Crippen LogP contribution in [0.15, 0.2) is 28.7 Å². The van der Waals surface area contributed by atoms with Crippen LogP contribution >= 0.6 is 11.6 Å². The molecule has 1 aliphatic rings. The summed E-state index contributed by atoms with van der Waals surface area (Å²) < 4.78 is 6.04. The molecule has 1 aromatic carbocycles. The van der Waals surface area contributed by atoms with Crippen molar-refractivity contribution in [1.29, 1.82) is 0 Å². The first-order chi connectivity index (χ1) is 9.71. The van der Waals surface area contributed by atoms with Crippen LogP contribution in [0, 0.1) is 11.8 Å². The fourth-order valence-corrected chi connectivity index (χ4v) is 3.77. The molecule has 1 aromatic heterocycles. The number of hydrogen-bond donors (Lipinski definition) is 1. The van der Waals surface area contributed by atoms with Crippen molar-refractivity contribution in [2.45, 2.75) is 38.6 Å². The number of nitrogens with one attached hydrogen (secondary N) is 1. The lowest BCUT2D eigenvalue weighted by Gasteiger charge is -2.21. The first-order valence-corrected chi connectivity index (χ1v) is 7.95. The van der Waals surface area contributed by atoms with Crippen LogP contribution in [0.3, 0.4) is 0 Å². The molecule has 0 bridgehead atoms. The van der Waals surface area contributed by atoms with Crippen molar-refractivity contribution in [2.75, 3.05) is 7.05 Å². The van der Waals surface area contributed by atoms with Crippen LogP contribution in [0.4, 0.5) is 0 Å². The van der Waals surface area contributed by atoms with Gasteiger partial charge in [0.25, 0.3) is 0 Å². The molecule has 3 atom stereocenters. The van der Waals surface area contributed by atoms with E-state index in [1.165, 1.54) is 25.7 Å². The van der Waals surface area contributed by atoms with E-state index in [0.29, 0.717) is 12.0 Å². The second-order valence-electron chi connectivity index (χ2n) is 5.94. The molecule has 1 saturated carbocycles. The van der Waals surface area contributed by atoms with E-state index in [1.54, 1.807) is 0 Å². The van der Waals surface area contributed by atoms with Gasteiger partial charge in [0, 0.05) is 10.4 Å². The number of rotatable bonds is 4. The van der Waals surface area contributed by atoms with Crippen LogP contribution in [0.5, 0.6) is 0 Å². The predicted octanol–water partition coefficient (Wildman–Crippen LogP) is 5.17. The Bertz CT molecular complexity index is 592. The lowest BCUT2D eigenvalue weighted by molar-refractivity contribution is 0.326. The molecule has 3 heteroatoms. The van der Waals surface area contributed by atoms with Gasteiger partial charge in [0.2, 0.25) is 0 Å². The predicted molar refractivity (Wildman–Crippen MR) is 84.1 cm³/mol. The van der Waals surface area contributed by atoms with Crippen molar-refractivity contribution in [3.8, 4) is 0 Å². The molecule has 0 amide bonds. The summed E-state index contributed by atoms with van der Waals surface area (Å²) in [6.07, 6.45) is 5.25. The largest absolute Gasteiger partial charge is 0.459 e. The smallest absolute Gasteiger partial charge is 0.134 e. The van der Waals surface area contributed by atoms with Gasteiger partial charge in [-0.2, -0.15) is 0 Å². The van der Waals surface area contributed by atoms with Crippen LogP contribution in [0.25, 0.3) is 11.0 Å². The average molecular weight is 292 g/mol. The summed E-state index contributed by atoms with van der Waals surface area (Å²) in [6, 6.07) is 8.27. The molecule has 1 heterocycles. The highest BCUT2D eigenvalue weighted by atomic mass is 35.5. The summed E-state index contributed by atoms with van der Waals surface area (Å²) in [5.74, 6) is 2.61. The van der Waals surface area contributed by atoms with Crippen molar-refractivity contribution in [3.05, 3.63) is 35.0 Å². The maximum absolute atomic E-state index is 6.05. The van der Waals surface area contributed by atoms with Crippen molar-refractivity contribution >= 4 is 22.6 Å². The second kappa shape index (κ2) is 5.79. The highest BCUT2D eigenvalue weighted by molar-refractivity contribution is 6.31. The zero-order valence-corrected chi connectivity index (χ0v) is 12.9. The third-order valence-corrected chi connectivity index (χ3v) is 4.98.